The number of carbonyl (C=O) groups is 1. The summed E-state index contributed by atoms with van der Waals surface area (Å²) in [5, 5.41) is 3.16. The highest BCUT2D eigenvalue weighted by Crippen LogP contribution is 2.43. The van der Waals surface area contributed by atoms with Crippen LogP contribution in [0, 0.1) is 13.8 Å². The van der Waals surface area contributed by atoms with Gasteiger partial charge >= 0.3 is 0 Å². The minimum absolute atomic E-state index is 0.129. The molecule has 0 unspecified atom stereocenters. The third-order valence-electron chi connectivity index (χ3n) is 7.69. The number of hydrogen-bond acceptors (Lipinski definition) is 5. The number of rotatable bonds is 6. The van der Waals surface area contributed by atoms with Crippen molar-refractivity contribution in [3.05, 3.63) is 83.4 Å². The molecule has 0 saturated heterocycles. The monoisotopic (exact) mass is 534 g/mol. The summed E-state index contributed by atoms with van der Waals surface area (Å²) in [4.78, 5) is 13.9. The van der Waals surface area contributed by atoms with E-state index >= 15 is 0 Å². The fraction of sp³-hybridized carbons (Fsp3) is 0.367. The van der Waals surface area contributed by atoms with Crippen LogP contribution >= 0.6 is 0 Å². The molecule has 3 aromatic rings. The first-order valence-electron chi connectivity index (χ1n) is 13.1. The number of benzene rings is 3. The van der Waals surface area contributed by atoms with Crippen LogP contribution in [0.2, 0.25) is 0 Å². The molecule has 2 aliphatic rings. The van der Waals surface area contributed by atoms with Crippen LogP contribution in [0.1, 0.15) is 55.8 Å². The van der Waals surface area contributed by atoms with E-state index < -0.39 is 16.1 Å². The van der Waals surface area contributed by atoms with Crippen LogP contribution in [0.5, 0.6) is 11.5 Å². The van der Waals surface area contributed by atoms with Crippen LogP contribution in [-0.4, -0.2) is 32.6 Å². The maximum Gasteiger partial charge on any atom is 0.264 e. The maximum absolute atomic E-state index is 13.8. The minimum atomic E-state index is -3.93. The lowest BCUT2D eigenvalue weighted by Gasteiger charge is -2.42. The Morgan fingerprint density at radius 2 is 1.66 bits per heavy atom. The van der Waals surface area contributed by atoms with E-state index in [4.69, 9.17) is 9.47 Å². The van der Waals surface area contributed by atoms with Crippen molar-refractivity contribution >= 4 is 21.6 Å². The smallest absolute Gasteiger partial charge is 0.264 e. The molecule has 0 radical (unpaired) electrons. The topological polar surface area (TPSA) is 84.9 Å². The van der Waals surface area contributed by atoms with Crippen molar-refractivity contribution in [3.63, 3.8) is 0 Å². The first-order chi connectivity index (χ1) is 18.2. The molecule has 2 atom stereocenters. The van der Waals surface area contributed by atoms with Crippen molar-refractivity contribution in [2.75, 3.05) is 10.8 Å². The van der Waals surface area contributed by atoms with Crippen molar-refractivity contribution in [2.24, 2.45) is 0 Å². The Morgan fingerprint density at radius 3 is 2.37 bits per heavy atom. The molecule has 0 bridgehead atoms. The first kappa shape index (κ1) is 26.1. The predicted octanol–water partition coefficient (Wildman–Crippen LogP) is 5.46. The minimum Gasteiger partial charge on any atom is -0.487 e. The molecular weight excluding hydrogens is 500 g/mol. The number of para-hydroxylation sites is 1. The zero-order valence-electron chi connectivity index (χ0n) is 22.2. The Bertz CT molecular complexity index is 1450. The van der Waals surface area contributed by atoms with Crippen molar-refractivity contribution in [2.45, 2.75) is 69.6 Å². The third kappa shape index (κ3) is 4.73. The van der Waals surface area contributed by atoms with Crippen LogP contribution in [0.15, 0.2) is 71.6 Å². The molecule has 5 rings (SSSR count). The second kappa shape index (κ2) is 9.98. The van der Waals surface area contributed by atoms with E-state index in [2.05, 4.69) is 19.2 Å². The maximum atomic E-state index is 13.8. The van der Waals surface area contributed by atoms with Gasteiger partial charge in [0, 0.05) is 12.0 Å². The van der Waals surface area contributed by atoms with E-state index in [1.807, 2.05) is 44.2 Å². The quantitative estimate of drug-likeness (QED) is 0.454. The molecule has 3 aromatic carbocycles. The largest absolute Gasteiger partial charge is 0.487 e. The van der Waals surface area contributed by atoms with E-state index in [1.54, 1.807) is 36.4 Å². The third-order valence-corrected chi connectivity index (χ3v) is 9.48. The molecule has 1 amide bonds. The summed E-state index contributed by atoms with van der Waals surface area (Å²) in [6.07, 6.45) is 1.22. The first-order valence-corrected chi connectivity index (χ1v) is 14.5. The Balaban J connectivity index is 1.47. The highest BCUT2D eigenvalue weighted by atomic mass is 32.2. The second-order valence-corrected chi connectivity index (χ2v) is 12.1. The Kier molecular flexibility index (Phi) is 6.86. The molecule has 2 heterocycles. The number of ether oxygens (including phenoxy) is 2. The SMILES string of the molecule is CCC1(CC)C[C@@H](NC(=O)[C@H]2CN(S(=O)(=O)c3ccc(C)cc3)c3cc(C)ccc3O2)c2ccccc2O1. The number of fused-ring (bicyclic) bond motifs is 2. The number of hydrogen-bond donors (Lipinski definition) is 1. The summed E-state index contributed by atoms with van der Waals surface area (Å²) < 4.78 is 41.4. The van der Waals surface area contributed by atoms with E-state index in [9.17, 15) is 13.2 Å². The van der Waals surface area contributed by atoms with Gasteiger partial charge in [-0.1, -0.05) is 55.8 Å². The molecule has 38 heavy (non-hydrogen) atoms. The summed E-state index contributed by atoms with van der Waals surface area (Å²) >= 11 is 0. The molecule has 1 N–H and O–H groups in total. The Labute approximate surface area is 224 Å². The number of aryl methyl sites for hydroxylation is 2. The molecule has 0 spiro atoms. The van der Waals surface area contributed by atoms with Gasteiger partial charge in [-0.2, -0.15) is 0 Å². The molecule has 0 aliphatic carbocycles. The Hall–Kier alpha value is -3.52. The fourth-order valence-electron chi connectivity index (χ4n) is 5.26. The highest BCUT2D eigenvalue weighted by molar-refractivity contribution is 7.92. The van der Waals surface area contributed by atoms with E-state index in [1.165, 1.54) is 4.31 Å². The Morgan fingerprint density at radius 1 is 0.974 bits per heavy atom. The van der Waals surface area contributed by atoms with Gasteiger partial charge in [-0.3, -0.25) is 9.10 Å². The van der Waals surface area contributed by atoms with Gasteiger partial charge in [0.25, 0.3) is 15.9 Å². The molecule has 0 fully saturated rings. The zero-order valence-corrected chi connectivity index (χ0v) is 23.0. The van der Waals surface area contributed by atoms with Crippen LogP contribution in [0.3, 0.4) is 0 Å². The normalized spacial score (nSPS) is 19.9. The van der Waals surface area contributed by atoms with Crippen LogP contribution in [-0.2, 0) is 14.8 Å². The van der Waals surface area contributed by atoms with Gasteiger partial charge in [-0.25, -0.2) is 8.42 Å². The molecule has 0 saturated carbocycles. The number of anilines is 1. The van der Waals surface area contributed by atoms with Crippen molar-refractivity contribution in [1.29, 1.82) is 0 Å². The van der Waals surface area contributed by atoms with Crippen molar-refractivity contribution in [3.8, 4) is 11.5 Å². The lowest BCUT2D eigenvalue weighted by molar-refractivity contribution is -0.129. The number of carbonyl (C=O) groups excluding carboxylic acids is 1. The standard InChI is InChI=1S/C30H34N2O5S/c1-5-30(6-2)18-24(23-9-7-8-10-26(23)37-30)31-29(33)28-19-32(25-17-21(4)13-16-27(25)36-28)38(34,35)22-14-11-20(3)12-15-22/h7-17,24,28H,5-6,18-19H2,1-4H3,(H,31,33)/t24-,28-/m1/s1. The summed E-state index contributed by atoms with van der Waals surface area (Å²) in [6, 6.07) is 19.6. The predicted molar refractivity (Wildman–Crippen MR) is 147 cm³/mol. The van der Waals surface area contributed by atoms with Gasteiger partial charge in [0.05, 0.1) is 23.2 Å². The molecule has 200 valence electrons. The van der Waals surface area contributed by atoms with E-state index in [0.717, 1.165) is 35.3 Å². The average Bonchev–Trinajstić information content (AvgIpc) is 2.92. The number of nitrogens with one attached hydrogen (secondary N) is 1. The van der Waals surface area contributed by atoms with Crippen LogP contribution < -0.4 is 19.1 Å². The van der Waals surface area contributed by atoms with Crippen LogP contribution in [0.25, 0.3) is 0 Å². The molecule has 7 nitrogen and oxygen atoms in total. The molecular formula is C30H34N2O5S. The summed E-state index contributed by atoms with van der Waals surface area (Å²) in [5.41, 5.74) is 2.82. The van der Waals surface area contributed by atoms with Gasteiger partial charge < -0.3 is 14.8 Å². The summed E-state index contributed by atoms with van der Waals surface area (Å²) in [6.45, 7) is 7.85. The van der Waals surface area contributed by atoms with E-state index in [0.29, 0.717) is 17.9 Å². The van der Waals surface area contributed by atoms with Gasteiger partial charge in [-0.15, -0.1) is 0 Å². The van der Waals surface area contributed by atoms with Gasteiger partial charge in [0.2, 0.25) is 0 Å². The highest BCUT2D eigenvalue weighted by Gasteiger charge is 2.42. The fourth-order valence-corrected chi connectivity index (χ4v) is 6.73. The molecule has 8 heteroatoms. The van der Waals surface area contributed by atoms with E-state index in [-0.39, 0.29) is 29.0 Å². The van der Waals surface area contributed by atoms with Crippen molar-refractivity contribution in [1.82, 2.24) is 5.32 Å². The summed E-state index contributed by atoms with van der Waals surface area (Å²) in [7, 11) is -3.93. The number of nitrogens with zero attached hydrogens (tertiary/aromatic N) is 1. The van der Waals surface area contributed by atoms with Gasteiger partial charge in [0.15, 0.2) is 6.10 Å². The lowest BCUT2D eigenvalue weighted by Crippen LogP contribution is -2.52. The molecule has 2 aliphatic heterocycles. The number of sulfonamides is 1. The van der Waals surface area contributed by atoms with Crippen LogP contribution in [0.4, 0.5) is 5.69 Å². The van der Waals surface area contributed by atoms with Gasteiger partial charge in [0.1, 0.15) is 17.1 Å². The zero-order chi connectivity index (χ0) is 27.1. The lowest BCUT2D eigenvalue weighted by atomic mass is 9.83. The molecule has 0 aromatic heterocycles. The number of amides is 1. The second-order valence-electron chi connectivity index (χ2n) is 10.2. The summed E-state index contributed by atoms with van der Waals surface area (Å²) in [5.74, 6) is 0.770. The van der Waals surface area contributed by atoms with Gasteiger partial charge in [-0.05, 0) is 62.6 Å². The van der Waals surface area contributed by atoms with Crippen molar-refractivity contribution < 1.29 is 22.7 Å². The average molecular weight is 535 g/mol.